The number of piperidine rings is 1. The fourth-order valence-electron chi connectivity index (χ4n) is 2.35. The molecule has 0 aliphatic carbocycles. The second kappa shape index (κ2) is 6.02. The molecule has 1 aromatic rings. The Bertz CT molecular complexity index is 465. The van der Waals surface area contributed by atoms with Gasteiger partial charge in [0, 0.05) is 23.7 Å². The van der Waals surface area contributed by atoms with Gasteiger partial charge in [-0.3, -0.25) is 4.79 Å². The summed E-state index contributed by atoms with van der Waals surface area (Å²) >= 11 is 0. The van der Waals surface area contributed by atoms with Crippen LogP contribution in [0.5, 0.6) is 5.75 Å². The van der Waals surface area contributed by atoms with Crippen LogP contribution in [0.15, 0.2) is 18.2 Å². The van der Waals surface area contributed by atoms with Crippen molar-refractivity contribution in [1.29, 1.82) is 0 Å². The van der Waals surface area contributed by atoms with Crippen LogP contribution < -0.4 is 15.4 Å². The summed E-state index contributed by atoms with van der Waals surface area (Å²) in [7, 11) is 1.40. The van der Waals surface area contributed by atoms with Crippen LogP contribution >= 0.6 is 0 Å². The number of hydrogen-bond acceptors (Lipinski definition) is 3. The minimum absolute atomic E-state index is 0.00676. The molecule has 104 valence electrons. The van der Waals surface area contributed by atoms with Crippen LogP contribution in [0.25, 0.3) is 0 Å². The summed E-state index contributed by atoms with van der Waals surface area (Å²) in [6.07, 6.45) is 1.65. The number of nitrogens with one attached hydrogen (secondary N) is 2. The summed E-state index contributed by atoms with van der Waals surface area (Å²) in [5, 5.41) is 6.13. The fourth-order valence-corrected chi connectivity index (χ4v) is 2.35. The molecule has 2 unspecified atom stereocenters. The number of ether oxygens (including phenoxy) is 1. The molecular weight excluding hydrogens is 247 g/mol. The number of halogens is 1. The molecule has 4 nitrogen and oxygen atoms in total. The highest BCUT2D eigenvalue weighted by Gasteiger charge is 2.24. The van der Waals surface area contributed by atoms with Crippen molar-refractivity contribution in [2.75, 3.05) is 19.0 Å². The van der Waals surface area contributed by atoms with Gasteiger partial charge in [-0.2, -0.15) is 0 Å². The molecule has 0 spiro atoms. The lowest BCUT2D eigenvalue weighted by atomic mass is 9.92. The largest absolute Gasteiger partial charge is 0.494 e. The molecule has 19 heavy (non-hydrogen) atoms. The normalized spacial score (nSPS) is 22.9. The van der Waals surface area contributed by atoms with Crippen LogP contribution in [0.2, 0.25) is 0 Å². The first kappa shape index (κ1) is 13.8. The molecule has 1 fully saturated rings. The highest BCUT2D eigenvalue weighted by atomic mass is 19.1. The van der Waals surface area contributed by atoms with E-state index >= 15 is 0 Å². The first-order valence-corrected chi connectivity index (χ1v) is 6.48. The van der Waals surface area contributed by atoms with Gasteiger partial charge in [0.25, 0.3) is 0 Å². The Morgan fingerprint density at radius 1 is 1.53 bits per heavy atom. The summed E-state index contributed by atoms with van der Waals surface area (Å²) in [4.78, 5) is 12.1. The Morgan fingerprint density at radius 2 is 2.32 bits per heavy atom. The van der Waals surface area contributed by atoms with Crippen molar-refractivity contribution < 1.29 is 13.9 Å². The minimum atomic E-state index is -0.434. The molecule has 1 aliphatic heterocycles. The predicted molar refractivity (Wildman–Crippen MR) is 71.8 cm³/mol. The number of rotatable bonds is 3. The van der Waals surface area contributed by atoms with E-state index in [1.54, 1.807) is 6.07 Å². The zero-order chi connectivity index (χ0) is 13.8. The maximum Gasteiger partial charge on any atom is 0.227 e. The summed E-state index contributed by atoms with van der Waals surface area (Å²) in [6, 6.07) is 4.68. The molecule has 1 aromatic carbocycles. The molecule has 1 aliphatic rings. The van der Waals surface area contributed by atoms with E-state index in [9.17, 15) is 9.18 Å². The van der Waals surface area contributed by atoms with Crippen LogP contribution in [0.1, 0.15) is 19.8 Å². The average molecular weight is 266 g/mol. The van der Waals surface area contributed by atoms with Gasteiger partial charge < -0.3 is 15.4 Å². The molecular formula is C14H19FN2O2. The molecule has 2 atom stereocenters. The number of carbonyl (C=O) groups is 1. The maximum absolute atomic E-state index is 13.3. The van der Waals surface area contributed by atoms with E-state index in [-0.39, 0.29) is 17.6 Å². The molecule has 1 saturated heterocycles. The summed E-state index contributed by atoms with van der Waals surface area (Å²) in [5.74, 6) is -0.304. The van der Waals surface area contributed by atoms with Crippen molar-refractivity contribution in [3.8, 4) is 5.75 Å². The quantitative estimate of drug-likeness (QED) is 0.881. The third-order valence-corrected chi connectivity index (χ3v) is 3.41. The lowest BCUT2D eigenvalue weighted by molar-refractivity contribution is -0.120. The standard InChI is InChI=1S/C14H19FN2O2/c1-9-7-10(5-6-16-9)14(18)17-11-3-4-12(15)13(8-11)19-2/h3-4,8-10,16H,5-7H2,1-2H3,(H,17,18). The number of benzene rings is 1. The zero-order valence-corrected chi connectivity index (χ0v) is 11.2. The van der Waals surface area contributed by atoms with Crippen LogP contribution in [-0.4, -0.2) is 25.6 Å². The van der Waals surface area contributed by atoms with Crippen molar-refractivity contribution in [3.63, 3.8) is 0 Å². The first-order chi connectivity index (χ1) is 9.10. The monoisotopic (exact) mass is 266 g/mol. The lowest BCUT2D eigenvalue weighted by Gasteiger charge is -2.27. The molecule has 2 N–H and O–H groups in total. The van der Waals surface area contributed by atoms with E-state index in [1.165, 1.54) is 19.2 Å². The van der Waals surface area contributed by atoms with E-state index in [1.807, 2.05) is 0 Å². The second-order valence-electron chi connectivity index (χ2n) is 4.92. The van der Waals surface area contributed by atoms with Crippen molar-refractivity contribution >= 4 is 11.6 Å². The summed E-state index contributed by atoms with van der Waals surface area (Å²) < 4.78 is 18.2. The summed E-state index contributed by atoms with van der Waals surface area (Å²) in [6.45, 7) is 2.92. The number of hydrogen-bond donors (Lipinski definition) is 2. The van der Waals surface area contributed by atoms with Crippen LogP contribution in [0, 0.1) is 11.7 Å². The van der Waals surface area contributed by atoms with Gasteiger partial charge in [-0.05, 0) is 38.4 Å². The highest BCUT2D eigenvalue weighted by molar-refractivity contribution is 5.92. The maximum atomic E-state index is 13.3. The lowest BCUT2D eigenvalue weighted by Crippen LogP contribution is -2.40. The smallest absolute Gasteiger partial charge is 0.227 e. The van der Waals surface area contributed by atoms with Crippen molar-refractivity contribution in [2.45, 2.75) is 25.8 Å². The van der Waals surface area contributed by atoms with Crippen molar-refractivity contribution in [1.82, 2.24) is 5.32 Å². The molecule has 0 bridgehead atoms. The van der Waals surface area contributed by atoms with Crippen molar-refractivity contribution in [3.05, 3.63) is 24.0 Å². The molecule has 0 radical (unpaired) electrons. The van der Waals surface area contributed by atoms with E-state index < -0.39 is 5.82 Å². The SMILES string of the molecule is COc1cc(NC(=O)C2CCNC(C)C2)ccc1F. The Balaban J connectivity index is 2.02. The molecule has 1 amide bonds. The predicted octanol–water partition coefficient (Wildman–Crippen LogP) is 2.16. The van der Waals surface area contributed by atoms with Gasteiger partial charge >= 0.3 is 0 Å². The second-order valence-corrected chi connectivity index (χ2v) is 4.92. The molecule has 0 aromatic heterocycles. The number of anilines is 1. The van der Waals surface area contributed by atoms with Gasteiger partial charge in [0.05, 0.1) is 7.11 Å². The third kappa shape index (κ3) is 3.44. The third-order valence-electron chi connectivity index (χ3n) is 3.41. The Labute approximate surface area is 112 Å². The van der Waals surface area contributed by atoms with E-state index in [0.29, 0.717) is 11.7 Å². The first-order valence-electron chi connectivity index (χ1n) is 6.48. The van der Waals surface area contributed by atoms with Gasteiger partial charge in [-0.25, -0.2) is 4.39 Å². The van der Waals surface area contributed by atoms with Gasteiger partial charge in [-0.15, -0.1) is 0 Å². The Kier molecular flexibility index (Phi) is 4.37. The van der Waals surface area contributed by atoms with E-state index in [4.69, 9.17) is 4.74 Å². The molecule has 1 heterocycles. The molecule has 5 heteroatoms. The highest BCUT2D eigenvalue weighted by Crippen LogP contribution is 2.23. The number of methoxy groups -OCH3 is 1. The Hall–Kier alpha value is -1.62. The number of carbonyl (C=O) groups excluding carboxylic acids is 1. The zero-order valence-electron chi connectivity index (χ0n) is 11.2. The van der Waals surface area contributed by atoms with Crippen LogP contribution in [0.3, 0.4) is 0 Å². The van der Waals surface area contributed by atoms with Gasteiger partial charge in [0.1, 0.15) is 0 Å². The molecule has 0 saturated carbocycles. The van der Waals surface area contributed by atoms with Gasteiger partial charge in [0.2, 0.25) is 5.91 Å². The summed E-state index contributed by atoms with van der Waals surface area (Å²) in [5.41, 5.74) is 0.564. The number of amides is 1. The van der Waals surface area contributed by atoms with Crippen LogP contribution in [0.4, 0.5) is 10.1 Å². The average Bonchev–Trinajstić information content (AvgIpc) is 2.41. The minimum Gasteiger partial charge on any atom is -0.494 e. The van der Waals surface area contributed by atoms with Crippen LogP contribution in [-0.2, 0) is 4.79 Å². The topological polar surface area (TPSA) is 50.4 Å². The van der Waals surface area contributed by atoms with E-state index in [2.05, 4.69) is 17.6 Å². The van der Waals surface area contributed by atoms with Gasteiger partial charge in [-0.1, -0.05) is 0 Å². The fraction of sp³-hybridized carbons (Fsp3) is 0.500. The van der Waals surface area contributed by atoms with Crippen molar-refractivity contribution in [2.24, 2.45) is 5.92 Å². The Morgan fingerprint density at radius 3 is 3.00 bits per heavy atom. The van der Waals surface area contributed by atoms with E-state index in [0.717, 1.165) is 19.4 Å². The van der Waals surface area contributed by atoms with Gasteiger partial charge in [0.15, 0.2) is 11.6 Å². The molecule has 2 rings (SSSR count).